The van der Waals surface area contributed by atoms with Crippen molar-refractivity contribution >= 4 is 5.82 Å². The van der Waals surface area contributed by atoms with E-state index in [1.54, 1.807) is 42.9 Å². The Balaban J connectivity index is 1.47. The van der Waals surface area contributed by atoms with Crippen molar-refractivity contribution in [2.24, 2.45) is 0 Å². The van der Waals surface area contributed by atoms with Gasteiger partial charge in [0, 0.05) is 42.5 Å². The summed E-state index contributed by atoms with van der Waals surface area (Å²) >= 11 is 0. The lowest BCUT2D eigenvalue weighted by atomic mass is 10.2. The molecule has 0 fully saturated rings. The highest BCUT2D eigenvalue weighted by atomic mass is 19.1. The fourth-order valence-corrected chi connectivity index (χ4v) is 2.75. The predicted molar refractivity (Wildman–Crippen MR) is 108 cm³/mol. The highest BCUT2D eigenvalue weighted by Gasteiger charge is 2.08. The summed E-state index contributed by atoms with van der Waals surface area (Å²) in [5.41, 5.74) is 2.48. The summed E-state index contributed by atoms with van der Waals surface area (Å²) in [5, 5.41) is 3.22. The Morgan fingerprint density at radius 2 is 1.83 bits per heavy atom. The van der Waals surface area contributed by atoms with E-state index in [0.29, 0.717) is 23.9 Å². The van der Waals surface area contributed by atoms with E-state index in [0.717, 1.165) is 16.8 Å². The molecule has 1 N–H and O–H groups in total. The summed E-state index contributed by atoms with van der Waals surface area (Å²) in [6.45, 7) is 2.32. The summed E-state index contributed by atoms with van der Waals surface area (Å²) in [5.74, 6) is 1.48. The standard InChI is InChI=1S/C22H18FN5O/c1-15-11-21(28-22(27-15)17-6-9-24-10-7-17)26-13-16-4-5-20(19(23)12-16)29-18-3-2-8-25-14-18/h2-12,14H,13H2,1H3,(H,26,27,28). The van der Waals surface area contributed by atoms with Crippen molar-refractivity contribution in [3.05, 3.63) is 90.4 Å². The Kier molecular flexibility index (Phi) is 5.38. The Bertz CT molecular complexity index is 1110. The number of benzene rings is 1. The molecule has 0 bridgehead atoms. The van der Waals surface area contributed by atoms with Gasteiger partial charge in [0.2, 0.25) is 0 Å². The molecule has 3 heterocycles. The zero-order chi connectivity index (χ0) is 20.1. The minimum Gasteiger partial charge on any atom is -0.453 e. The average Bonchev–Trinajstić information content (AvgIpc) is 2.75. The zero-order valence-corrected chi connectivity index (χ0v) is 15.7. The molecule has 29 heavy (non-hydrogen) atoms. The highest BCUT2D eigenvalue weighted by molar-refractivity contribution is 5.56. The van der Waals surface area contributed by atoms with Crippen LogP contribution in [0.15, 0.2) is 73.3 Å². The quantitative estimate of drug-likeness (QED) is 0.513. The van der Waals surface area contributed by atoms with E-state index in [2.05, 4.69) is 25.3 Å². The van der Waals surface area contributed by atoms with Crippen LogP contribution in [-0.2, 0) is 6.54 Å². The van der Waals surface area contributed by atoms with Gasteiger partial charge in [-0.25, -0.2) is 14.4 Å². The topological polar surface area (TPSA) is 72.8 Å². The smallest absolute Gasteiger partial charge is 0.166 e. The van der Waals surface area contributed by atoms with Crippen LogP contribution in [0.25, 0.3) is 11.4 Å². The molecular weight excluding hydrogens is 369 g/mol. The van der Waals surface area contributed by atoms with Gasteiger partial charge < -0.3 is 10.1 Å². The Labute approximate surface area is 167 Å². The number of anilines is 1. The molecule has 0 aliphatic rings. The fraction of sp³-hybridized carbons (Fsp3) is 0.0909. The van der Waals surface area contributed by atoms with Gasteiger partial charge in [-0.1, -0.05) is 6.07 Å². The SMILES string of the molecule is Cc1cc(NCc2ccc(Oc3cccnc3)c(F)c2)nc(-c2ccncc2)n1. The third kappa shape index (κ3) is 4.70. The summed E-state index contributed by atoms with van der Waals surface area (Å²) in [6.07, 6.45) is 6.57. The molecule has 7 heteroatoms. The molecule has 0 aliphatic carbocycles. The number of aryl methyl sites for hydroxylation is 1. The summed E-state index contributed by atoms with van der Waals surface area (Å²) in [7, 11) is 0. The first-order chi connectivity index (χ1) is 14.2. The predicted octanol–water partition coefficient (Wildman–Crippen LogP) is 4.79. The van der Waals surface area contributed by atoms with Crippen LogP contribution in [0.4, 0.5) is 10.2 Å². The van der Waals surface area contributed by atoms with E-state index >= 15 is 0 Å². The monoisotopic (exact) mass is 387 g/mol. The van der Waals surface area contributed by atoms with E-state index in [4.69, 9.17) is 4.74 Å². The molecule has 3 aromatic heterocycles. The van der Waals surface area contributed by atoms with E-state index in [1.165, 1.54) is 12.3 Å². The average molecular weight is 387 g/mol. The molecule has 0 unspecified atom stereocenters. The second-order valence-electron chi connectivity index (χ2n) is 6.36. The minimum atomic E-state index is -0.440. The van der Waals surface area contributed by atoms with Gasteiger partial charge in [-0.2, -0.15) is 0 Å². The molecule has 0 saturated heterocycles. The van der Waals surface area contributed by atoms with Gasteiger partial charge in [-0.05, 0) is 48.9 Å². The molecule has 0 amide bonds. The lowest BCUT2D eigenvalue weighted by Crippen LogP contribution is -2.04. The lowest BCUT2D eigenvalue weighted by molar-refractivity contribution is 0.440. The normalized spacial score (nSPS) is 10.6. The van der Waals surface area contributed by atoms with Crippen molar-refractivity contribution in [1.29, 1.82) is 0 Å². The van der Waals surface area contributed by atoms with Crippen LogP contribution in [0.3, 0.4) is 0 Å². The first-order valence-corrected chi connectivity index (χ1v) is 9.03. The molecule has 0 spiro atoms. The van der Waals surface area contributed by atoms with Crippen LogP contribution in [0, 0.1) is 12.7 Å². The molecule has 4 rings (SSSR count). The molecule has 0 radical (unpaired) electrons. The number of hydrogen-bond donors (Lipinski definition) is 1. The van der Waals surface area contributed by atoms with Gasteiger partial charge in [0.15, 0.2) is 17.4 Å². The maximum Gasteiger partial charge on any atom is 0.166 e. The number of ether oxygens (including phenoxy) is 1. The minimum absolute atomic E-state index is 0.152. The summed E-state index contributed by atoms with van der Waals surface area (Å²) in [6, 6.07) is 13.9. The number of hydrogen-bond acceptors (Lipinski definition) is 6. The second-order valence-corrected chi connectivity index (χ2v) is 6.36. The van der Waals surface area contributed by atoms with Gasteiger partial charge in [-0.15, -0.1) is 0 Å². The van der Waals surface area contributed by atoms with Crippen molar-refractivity contribution in [2.45, 2.75) is 13.5 Å². The van der Waals surface area contributed by atoms with Crippen LogP contribution in [0.2, 0.25) is 0 Å². The van der Waals surface area contributed by atoms with E-state index in [1.807, 2.05) is 25.1 Å². The third-order valence-corrected chi connectivity index (χ3v) is 4.12. The lowest BCUT2D eigenvalue weighted by Gasteiger charge is -2.10. The van der Waals surface area contributed by atoms with Gasteiger partial charge in [0.25, 0.3) is 0 Å². The molecule has 1 aromatic carbocycles. The maximum absolute atomic E-state index is 14.4. The van der Waals surface area contributed by atoms with E-state index in [9.17, 15) is 4.39 Å². The Morgan fingerprint density at radius 1 is 0.966 bits per heavy atom. The molecule has 4 aromatic rings. The van der Waals surface area contributed by atoms with Crippen molar-refractivity contribution in [1.82, 2.24) is 19.9 Å². The van der Waals surface area contributed by atoms with Crippen molar-refractivity contribution < 1.29 is 9.13 Å². The first kappa shape index (κ1) is 18.5. The zero-order valence-electron chi connectivity index (χ0n) is 15.7. The van der Waals surface area contributed by atoms with Crippen LogP contribution in [0.1, 0.15) is 11.3 Å². The van der Waals surface area contributed by atoms with Gasteiger partial charge in [-0.3, -0.25) is 9.97 Å². The van der Waals surface area contributed by atoms with Crippen LogP contribution in [-0.4, -0.2) is 19.9 Å². The first-order valence-electron chi connectivity index (χ1n) is 9.03. The second kappa shape index (κ2) is 8.43. The molecule has 0 atom stereocenters. The van der Waals surface area contributed by atoms with Gasteiger partial charge >= 0.3 is 0 Å². The van der Waals surface area contributed by atoms with Crippen LogP contribution < -0.4 is 10.1 Å². The molecular formula is C22H18FN5O. The Hall–Kier alpha value is -3.87. The fourth-order valence-electron chi connectivity index (χ4n) is 2.75. The van der Waals surface area contributed by atoms with Crippen molar-refractivity contribution in [3.8, 4) is 22.9 Å². The number of aromatic nitrogens is 4. The number of halogens is 1. The largest absolute Gasteiger partial charge is 0.453 e. The van der Waals surface area contributed by atoms with Crippen LogP contribution in [0.5, 0.6) is 11.5 Å². The summed E-state index contributed by atoms with van der Waals surface area (Å²) < 4.78 is 19.9. The maximum atomic E-state index is 14.4. The van der Waals surface area contributed by atoms with Crippen molar-refractivity contribution in [3.63, 3.8) is 0 Å². The number of rotatable bonds is 6. The van der Waals surface area contributed by atoms with Gasteiger partial charge in [0.05, 0.1) is 6.20 Å². The molecule has 0 saturated carbocycles. The summed E-state index contributed by atoms with van der Waals surface area (Å²) in [4.78, 5) is 17.0. The molecule has 0 aliphatic heterocycles. The number of pyridine rings is 2. The van der Waals surface area contributed by atoms with Crippen LogP contribution >= 0.6 is 0 Å². The Morgan fingerprint density at radius 3 is 2.59 bits per heavy atom. The molecule has 6 nitrogen and oxygen atoms in total. The van der Waals surface area contributed by atoms with Crippen molar-refractivity contribution in [2.75, 3.05) is 5.32 Å². The van der Waals surface area contributed by atoms with E-state index < -0.39 is 5.82 Å². The van der Waals surface area contributed by atoms with Gasteiger partial charge in [0.1, 0.15) is 11.6 Å². The number of nitrogens with one attached hydrogen (secondary N) is 1. The molecule has 144 valence electrons. The third-order valence-electron chi connectivity index (χ3n) is 4.12. The number of nitrogens with zero attached hydrogens (tertiary/aromatic N) is 4. The highest BCUT2D eigenvalue weighted by Crippen LogP contribution is 2.25. The van der Waals surface area contributed by atoms with E-state index in [-0.39, 0.29) is 5.75 Å².